The van der Waals surface area contributed by atoms with Gasteiger partial charge in [0.05, 0.1) is 5.69 Å². The molecule has 0 aromatic heterocycles. The van der Waals surface area contributed by atoms with Crippen LogP contribution >= 0.6 is 11.8 Å². The number of hydrogen-bond donors (Lipinski definition) is 2. The van der Waals surface area contributed by atoms with Crippen LogP contribution in [0.5, 0.6) is 0 Å². The molecule has 4 nitrogen and oxygen atoms in total. The summed E-state index contributed by atoms with van der Waals surface area (Å²) < 4.78 is 0. The van der Waals surface area contributed by atoms with E-state index >= 15 is 0 Å². The number of benzene rings is 2. The second-order valence-electron chi connectivity index (χ2n) is 8.66. The molecule has 0 spiro atoms. The van der Waals surface area contributed by atoms with E-state index in [0.29, 0.717) is 11.7 Å². The first-order valence-electron chi connectivity index (χ1n) is 12.3. The maximum Gasteiger partial charge on any atom is 0.267 e. The zero-order valence-electron chi connectivity index (χ0n) is 19.4. The Balaban J connectivity index is 1.61. The summed E-state index contributed by atoms with van der Waals surface area (Å²) in [6, 6.07) is 20.1. The fourth-order valence-corrected chi connectivity index (χ4v) is 5.07. The standard InChI is InChI=1S/C28H35N3OS/c29-21-23(22-30-24-15-9-6-4-2-1-3-5-7-10-16-24)28(32)31-26-19-13-14-20-27(26)33-25-17-11-8-12-18-25/h8,11-14,17-20,22,24,30H,1-7,9-10,15-16H2,(H,31,32)/b23-22-. The van der Waals surface area contributed by atoms with Gasteiger partial charge in [-0.15, -0.1) is 0 Å². The summed E-state index contributed by atoms with van der Waals surface area (Å²) in [5, 5.41) is 16.0. The van der Waals surface area contributed by atoms with E-state index in [0.717, 1.165) is 22.6 Å². The number of carbonyl (C=O) groups is 1. The lowest BCUT2D eigenvalue weighted by molar-refractivity contribution is -0.112. The molecule has 174 valence electrons. The van der Waals surface area contributed by atoms with E-state index < -0.39 is 0 Å². The highest BCUT2D eigenvalue weighted by atomic mass is 32.2. The number of amides is 1. The Morgan fingerprint density at radius 1 is 0.848 bits per heavy atom. The van der Waals surface area contributed by atoms with Gasteiger partial charge < -0.3 is 10.6 Å². The van der Waals surface area contributed by atoms with Crippen LogP contribution in [0.4, 0.5) is 5.69 Å². The van der Waals surface area contributed by atoms with Gasteiger partial charge >= 0.3 is 0 Å². The van der Waals surface area contributed by atoms with E-state index in [1.54, 1.807) is 18.0 Å². The molecule has 1 amide bonds. The first-order valence-corrected chi connectivity index (χ1v) is 13.1. The lowest BCUT2D eigenvalue weighted by Crippen LogP contribution is -2.26. The average molecular weight is 462 g/mol. The quantitative estimate of drug-likeness (QED) is 0.346. The minimum atomic E-state index is -0.376. The molecular formula is C28H35N3OS. The van der Waals surface area contributed by atoms with Crippen molar-refractivity contribution >= 4 is 23.4 Å². The van der Waals surface area contributed by atoms with Gasteiger partial charge in [0.25, 0.3) is 5.91 Å². The van der Waals surface area contributed by atoms with Crippen LogP contribution in [0.25, 0.3) is 0 Å². The summed E-state index contributed by atoms with van der Waals surface area (Å²) in [5.74, 6) is -0.376. The zero-order chi connectivity index (χ0) is 23.1. The molecule has 1 fully saturated rings. The number of anilines is 1. The summed E-state index contributed by atoms with van der Waals surface area (Å²) in [4.78, 5) is 14.9. The first kappa shape index (κ1) is 24.9. The van der Waals surface area contributed by atoms with Gasteiger partial charge in [0.1, 0.15) is 11.6 Å². The van der Waals surface area contributed by atoms with Crippen LogP contribution in [0.1, 0.15) is 70.6 Å². The number of nitriles is 1. The molecule has 2 N–H and O–H groups in total. The molecule has 33 heavy (non-hydrogen) atoms. The van der Waals surface area contributed by atoms with Crippen LogP contribution in [0.2, 0.25) is 0 Å². The number of rotatable bonds is 6. The molecule has 5 heteroatoms. The number of hydrogen-bond acceptors (Lipinski definition) is 4. The molecule has 2 aromatic rings. The molecular weight excluding hydrogens is 426 g/mol. The van der Waals surface area contributed by atoms with Gasteiger partial charge in [0.15, 0.2) is 0 Å². The topological polar surface area (TPSA) is 64.9 Å². The minimum absolute atomic E-state index is 0.112. The molecule has 0 unspecified atom stereocenters. The smallest absolute Gasteiger partial charge is 0.267 e. The van der Waals surface area contributed by atoms with E-state index in [4.69, 9.17) is 0 Å². The molecule has 3 rings (SSSR count). The predicted molar refractivity (Wildman–Crippen MR) is 137 cm³/mol. The molecule has 0 radical (unpaired) electrons. The summed E-state index contributed by atoms with van der Waals surface area (Å²) in [6.07, 6.45) is 15.4. The lowest BCUT2D eigenvalue weighted by Gasteiger charge is -2.18. The van der Waals surface area contributed by atoms with Gasteiger partial charge in [-0.2, -0.15) is 5.26 Å². The number of nitrogens with one attached hydrogen (secondary N) is 2. The van der Waals surface area contributed by atoms with E-state index in [2.05, 4.69) is 16.7 Å². The molecule has 1 aliphatic rings. The first-order chi connectivity index (χ1) is 16.3. The van der Waals surface area contributed by atoms with Gasteiger partial charge in [-0.05, 0) is 37.1 Å². The second-order valence-corrected chi connectivity index (χ2v) is 9.77. The monoisotopic (exact) mass is 461 g/mol. The van der Waals surface area contributed by atoms with Crippen molar-refractivity contribution < 1.29 is 4.79 Å². The fourth-order valence-electron chi connectivity index (χ4n) is 4.14. The van der Waals surface area contributed by atoms with Gasteiger partial charge in [-0.25, -0.2) is 0 Å². The summed E-state index contributed by atoms with van der Waals surface area (Å²) >= 11 is 1.59. The van der Waals surface area contributed by atoms with Crippen molar-refractivity contribution in [2.24, 2.45) is 0 Å². The maximum atomic E-state index is 12.9. The third-order valence-electron chi connectivity index (χ3n) is 6.04. The van der Waals surface area contributed by atoms with Gasteiger partial charge in [0.2, 0.25) is 0 Å². The van der Waals surface area contributed by atoms with Crippen LogP contribution < -0.4 is 10.6 Å². The van der Waals surface area contributed by atoms with Crippen molar-refractivity contribution in [2.75, 3.05) is 5.32 Å². The van der Waals surface area contributed by atoms with E-state index in [1.165, 1.54) is 57.8 Å². The fraction of sp³-hybridized carbons (Fsp3) is 0.429. The van der Waals surface area contributed by atoms with Gasteiger partial charge in [-0.1, -0.05) is 99.9 Å². The van der Waals surface area contributed by atoms with Crippen molar-refractivity contribution in [3.8, 4) is 6.07 Å². The molecule has 1 aliphatic carbocycles. The molecule has 0 bridgehead atoms. The molecule has 1 saturated carbocycles. The normalized spacial score (nSPS) is 16.6. The molecule has 0 heterocycles. The Labute approximate surface area is 202 Å². The van der Waals surface area contributed by atoms with Crippen molar-refractivity contribution in [1.82, 2.24) is 5.32 Å². The second kappa shape index (κ2) is 14.4. The third-order valence-corrected chi connectivity index (χ3v) is 7.12. The lowest BCUT2D eigenvalue weighted by atomic mass is 9.98. The zero-order valence-corrected chi connectivity index (χ0v) is 20.2. The Morgan fingerprint density at radius 2 is 1.42 bits per heavy atom. The number of para-hydroxylation sites is 1. The van der Waals surface area contributed by atoms with Gasteiger partial charge in [-0.3, -0.25) is 4.79 Å². The van der Waals surface area contributed by atoms with Crippen molar-refractivity contribution in [3.63, 3.8) is 0 Å². The Morgan fingerprint density at radius 3 is 2.06 bits per heavy atom. The van der Waals surface area contributed by atoms with Crippen molar-refractivity contribution in [3.05, 3.63) is 66.4 Å². The summed E-state index contributed by atoms with van der Waals surface area (Å²) in [5.41, 5.74) is 0.823. The summed E-state index contributed by atoms with van der Waals surface area (Å²) in [6.45, 7) is 0. The number of nitrogens with zero attached hydrogens (tertiary/aromatic N) is 1. The average Bonchev–Trinajstić information content (AvgIpc) is 2.83. The molecule has 2 aromatic carbocycles. The van der Waals surface area contributed by atoms with Crippen molar-refractivity contribution in [2.45, 2.75) is 86.5 Å². The van der Waals surface area contributed by atoms with Crippen LogP contribution in [0, 0.1) is 11.3 Å². The SMILES string of the molecule is N#C/C(=C/NC1CCCCCCCCCCC1)C(=O)Nc1ccccc1Sc1ccccc1. The summed E-state index contributed by atoms with van der Waals surface area (Å²) in [7, 11) is 0. The van der Waals surface area contributed by atoms with Crippen molar-refractivity contribution in [1.29, 1.82) is 5.26 Å². The van der Waals surface area contributed by atoms with Crippen LogP contribution in [-0.2, 0) is 4.79 Å². The molecule has 0 saturated heterocycles. The highest BCUT2D eigenvalue weighted by Crippen LogP contribution is 2.33. The van der Waals surface area contributed by atoms with Gasteiger partial charge in [0, 0.05) is 22.0 Å². The number of carbonyl (C=O) groups excluding carboxylic acids is 1. The Kier molecular flexibility index (Phi) is 10.9. The highest BCUT2D eigenvalue weighted by molar-refractivity contribution is 7.99. The Hall–Kier alpha value is -2.71. The Bertz CT molecular complexity index is 924. The minimum Gasteiger partial charge on any atom is -0.387 e. The maximum absolute atomic E-state index is 12.9. The van der Waals surface area contributed by atoms with Crippen LogP contribution in [0.3, 0.4) is 0 Å². The van der Waals surface area contributed by atoms with E-state index in [9.17, 15) is 10.1 Å². The van der Waals surface area contributed by atoms with E-state index in [1.807, 2.05) is 54.6 Å². The van der Waals surface area contributed by atoms with Crippen LogP contribution in [0.15, 0.2) is 76.2 Å². The molecule has 0 atom stereocenters. The predicted octanol–water partition coefficient (Wildman–Crippen LogP) is 7.45. The van der Waals surface area contributed by atoms with Crippen LogP contribution in [-0.4, -0.2) is 11.9 Å². The van der Waals surface area contributed by atoms with E-state index in [-0.39, 0.29) is 11.5 Å². The largest absolute Gasteiger partial charge is 0.387 e. The highest BCUT2D eigenvalue weighted by Gasteiger charge is 2.14. The third kappa shape index (κ3) is 8.98. The molecule has 0 aliphatic heterocycles.